The molecule has 2 aromatic rings. The molecule has 1 heterocycles. The highest BCUT2D eigenvalue weighted by Gasteiger charge is 2.34. The van der Waals surface area contributed by atoms with E-state index < -0.39 is 24.5 Å². The molecule has 1 aliphatic heterocycles. The summed E-state index contributed by atoms with van der Waals surface area (Å²) in [6.07, 6.45) is 0.454. The van der Waals surface area contributed by atoms with Crippen molar-refractivity contribution >= 4 is 23.2 Å². The van der Waals surface area contributed by atoms with Crippen LogP contribution in [0, 0.1) is 0 Å². The van der Waals surface area contributed by atoms with E-state index in [2.05, 4.69) is 15.2 Å². The second kappa shape index (κ2) is 9.88. The summed E-state index contributed by atoms with van der Waals surface area (Å²) in [5, 5.41) is 8.44. The van der Waals surface area contributed by atoms with Gasteiger partial charge in [-0.3, -0.25) is 14.6 Å². The van der Waals surface area contributed by atoms with Crippen LogP contribution in [0.3, 0.4) is 0 Å². The number of ether oxygens (including phenoxy) is 2. The molecule has 10 heteroatoms. The minimum absolute atomic E-state index is 0.0794. The monoisotopic (exact) mass is 432 g/mol. The summed E-state index contributed by atoms with van der Waals surface area (Å²) in [7, 11) is 1.36. The number of nitrogens with two attached hydrogens (primary N) is 1. The predicted molar refractivity (Wildman–Crippen MR) is 110 cm³/mol. The number of nitrogens with zero attached hydrogens (tertiary/aromatic N) is 2. The highest BCUT2D eigenvalue weighted by molar-refractivity contribution is 6.40. The molecule has 2 amide bonds. The SMILES string of the molecule is COc1ccc(CCNC(=O)C2=NN(c3ccccc3)C(C(N)=O)C2)cc1OC(F)F. The number of carbonyl (C=O) groups excluding carboxylic acids is 2. The fourth-order valence-electron chi connectivity index (χ4n) is 3.17. The van der Waals surface area contributed by atoms with E-state index in [0.29, 0.717) is 17.7 Å². The van der Waals surface area contributed by atoms with Gasteiger partial charge in [-0.2, -0.15) is 13.9 Å². The molecule has 0 fully saturated rings. The van der Waals surface area contributed by atoms with Gasteiger partial charge in [-0.1, -0.05) is 24.3 Å². The number of rotatable bonds is 9. The lowest BCUT2D eigenvalue weighted by Gasteiger charge is -2.20. The first-order valence-corrected chi connectivity index (χ1v) is 9.50. The first-order chi connectivity index (χ1) is 14.9. The van der Waals surface area contributed by atoms with Crippen molar-refractivity contribution in [3.05, 3.63) is 54.1 Å². The van der Waals surface area contributed by atoms with Gasteiger partial charge in [0.05, 0.1) is 12.8 Å². The van der Waals surface area contributed by atoms with E-state index in [4.69, 9.17) is 10.5 Å². The van der Waals surface area contributed by atoms with E-state index in [9.17, 15) is 18.4 Å². The maximum atomic E-state index is 12.6. The van der Waals surface area contributed by atoms with Crippen molar-refractivity contribution < 1.29 is 27.8 Å². The average molecular weight is 432 g/mol. The predicted octanol–water partition coefficient (Wildman–Crippen LogP) is 2.08. The number of primary amides is 1. The van der Waals surface area contributed by atoms with Crippen molar-refractivity contribution in [2.75, 3.05) is 18.7 Å². The number of benzene rings is 2. The third kappa shape index (κ3) is 5.47. The Morgan fingerprint density at radius 2 is 1.97 bits per heavy atom. The van der Waals surface area contributed by atoms with Crippen molar-refractivity contribution in [2.45, 2.75) is 25.5 Å². The lowest BCUT2D eigenvalue weighted by molar-refractivity contribution is -0.119. The zero-order valence-electron chi connectivity index (χ0n) is 16.8. The van der Waals surface area contributed by atoms with Gasteiger partial charge in [-0.15, -0.1) is 0 Å². The second-order valence-electron chi connectivity index (χ2n) is 6.72. The Morgan fingerprint density at radius 1 is 1.23 bits per heavy atom. The highest BCUT2D eigenvalue weighted by Crippen LogP contribution is 2.29. The Kier molecular flexibility index (Phi) is 7.01. The Labute approximate surface area is 177 Å². The van der Waals surface area contributed by atoms with Gasteiger partial charge in [-0.25, -0.2) is 0 Å². The highest BCUT2D eigenvalue weighted by atomic mass is 19.3. The van der Waals surface area contributed by atoms with Crippen molar-refractivity contribution in [2.24, 2.45) is 10.8 Å². The second-order valence-corrected chi connectivity index (χ2v) is 6.72. The zero-order chi connectivity index (χ0) is 22.4. The summed E-state index contributed by atoms with van der Waals surface area (Å²) in [6.45, 7) is -2.75. The molecule has 0 radical (unpaired) electrons. The average Bonchev–Trinajstić information content (AvgIpc) is 3.20. The molecule has 3 rings (SSSR count). The van der Waals surface area contributed by atoms with Crippen LogP contribution in [0.5, 0.6) is 11.5 Å². The van der Waals surface area contributed by atoms with Gasteiger partial charge in [0.15, 0.2) is 11.5 Å². The first-order valence-electron chi connectivity index (χ1n) is 9.50. The zero-order valence-corrected chi connectivity index (χ0v) is 16.8. The minimum Gasteiger partial charge on any atom is -0.493 e. The van der Waals surface area contributed by atoms with Crippen molar-refractivity contribution in [3.63, 3.8) is 0 Å². The Morgan fingerprint density at radius 3 is 2.61 bits per heavy atom. The summed E-state index contributed by atoms with van der Waals surface area (Å²) >= 11 is 0. The third-order valence-corrected chi connectivity index (χ3v) is 4.66. The fraction of sp³-hybridized carbons (Fsp3) is 0.286. The van der Waals surface area contributed by atoms with E-state index in [1.165, 1.54) is 24.3 Å². The first kappa shape index (κ1) is 22.0. The standard InChI is InChI=1S/C21H22F2N4O4/c1-30-17-8-7-13(11-18(17)31-21(22)23)9-10-25-20(29)15-12-16(19(24)28)27(26-15)14-5-3-2-4-6-14/h2-8,11,16,21H,9-10,12H2,1H3,(H2,24,28)(H,25,29). The van der Waals surface area contributed by atoms with Crippen molar-refractivity contribution in [3.8, 4) is 11.5 Å². The molecule has 0 bridgehead atoms. The van der Waals surface area contributed by atoms with E-state index in [0.717, 1.165) is 0 Å². The van der Waals surface area contributed by atoms with E-state index in [-0.39, 0.29) is 30.2 Å². The molecule has 0 saturated carbocycles. The molecule has 1 unspecified atom stereocenters. The molecule has 2 aromatic carbocycles. The largest absolute Gasteiger partial charge is 0.493 e. The Bertz CT molecular complexity index is 969. The molecule has 1 atom stereocenters. The number of halogens is 2. The van der Waals surface area contributed by atoms with Crippen LogP contribution in [0.15, 0.2) is 53.6 Å². The lowest BCUT2D eigenvalue weighted by Crippen LogP contribution is -2.40. The van der Waals surface area contributed by atoms with E-state index >= 15 is 0 Å². The lowest BCUT2D eigenvalue weighted by atomic mass is 10.1. The number of hydrogen-bond donors (Lipinski definition) is 2. The molecule has 0 aliphatic carbocycles. The third-order valence-electron chi connectivity index (χ3n) is 4.66. The molecular formula is C21H22F2N4O4. The van der Waals surface area contributed by atoms with Gasteiger partial charge in [0.1, 0.15) is 11.8 Å². The van der Waals surface area contributed by atoms with Crippen molar-refractivity contribution in [1.29, 1.82) is 0 Å². The van der Waals surface area contributed by atoms with Crippen molar-refractivity contribution in [1.82, 2.24) is 5.32 Å². The molecule has 3 N–H and O–H groups in total. The van der Waals surface area contributed by atoms with Crippen LogP contribution in [0.25, 0.3) is 0 Å². The molecule has 8 nitrogen and oxygen atoms in total. The minimum atomic E-state index is -2.98. The topological polar surface area (TPSA) is 106 Å². The quantitative estimate of drug-likeness (QED) is 0.631. The van der Waals surface area contributed by atoms with E-state index in [1.54, 1.807) is 30.3 Å². The van der Waals surface area contributed by atoms with Crippen LogP contribution >= 0.6 is 0 Å². The number of hydrazone groups is 1. The van der Waals surface area contributed by atoms with E-state index in [1.807, 2.05) is 6.07 Å². The number of anilines is 1. The Hall–Kier alpha value is -3.69. The number of methoxy groups -OCH3 is 1. The summed E-state index contributed by atoms with van der Waals surface area (Å²) in [4.78, 5) is 24.3. The van der Waals surface area contributed by atoms with Crippen LogP contribution in [-0.2, 0) is 16.0 Å². The number of carbonyl (C=O) groups is 2. The van der Waals surface area contributed by atoms with Gasteiger partial charge in [0, 0.05) is 13.0 Å². The molecule has 1 aliphatic rings. The fourth-order valence-corrected chi connectivity index (χ4v) is 3.17. The number of para-hydroxylation sites is 1. The van der Waals surface area contributed by atoms with Gasteiger partial charge < -0.3 is 20.5 Å². The normalized spacial score (nSPS) is 15.5. The smallest absolute Gasteiger partial charge is 0.387 e. The van der Waals surface area contributed by atoms with Crippen LogP contribution in [0.4, 0.5) is 14.5 Å². The van der Waals surface area contributed by atoms with Crippen LogP contribution < -0.4 is 25.5 Å². The maximum absolute atomic E-state index is 12.6. The van der Waals surface area contributed by atoms with Gasteiger partial charge in [-0.05, 0) is 36.2 Å². The van der Waals surface area contributed by atoms with Crippen LogP contribution in [-0.4, -0.2) is 43.8 Å². The van der Waals surface area contributed by atoms with Gasteiger partial charge in [0.2, 0.25) is 5.91 Å². The Balaban J connectivity index is 1.62. The van der Waals surface area contributed by atoms with Gasteiger partial charge >= 0.3 is 6.61 Å². The molecule has 0 aromatic heterocycles. The number of nitrogens with one attached hydrogen (secondary N) is 1. The summed E-state index contributed by atoms with van der Waals surface area (Å²) in [6, 6.07) is 12.8. The summed E-state index contributed by atoms with van der Waals surface area (Å²) < 4.78 is 34.6. The number of alkyl halides is 2. The number of hydrogen-bond acceptors (Lipinski definition) is 6. The van der Waals surface area contributed by atoms with Crippen LogP contribution in [0.1, 0.15) is 12.0 Å². The maximum Gasteiger partial charge on any atom is 0.387 e. The summed E-state index contributed by atoms with van der Waals surface area (Å²) in [5.41, 5.74) is 6.98. The molecule has 0 spiro atoms. The molecule has 31 heavy (non-hydrogen) atoms. The van der Waals surface area contributed by atoms with Gasteiger partial charge in [0.25, 0.3) is 5.91 Å². The molecular weight excluding hydrogens is 410 g/mol. The summed E-state index contributed by atoms with van der Waals surface area (Å²) in [5.74, 6) is -0.904. The number of amides is 2. The molecule has 164 valence electrons. The molecule has 0 saturated heterocycles. The van der Waals surface area contributed by atoms with Crippen LogP contribution in [0.2, 0.25) is 0 Å².